The van der Waals surface area contributed by atoms with Gasteiger partial charge in [-0.05, 0) is 25.5 Å². The molecule has 1 unspecified atom stereocenters. The summed E-state index contributed by atoms with van der Waals surface area (Å²) in [6.07, 6.45) is 1.50. The second-order valence-corrected chi connectivity index (χ2v) is 4.15. The summed E-state index contributed by atoms with van der Waals surface area (Å²) in [6, 6.07) is 7.02. The smallest absolute Gasteiger partial charge is 0.256 e. The van der Waals surface area contributed by atoms with Gasteiger partial charge in [0.25, 0.3) is 5.91 Å². The number of nitrogens with zero attached hydrogens (tertiary/aromatic N) is 1. The zero-order valence-electron chi connectivity index (χ0n) is 11.0. The molecule has 0 spiro atoms. The fourth-order valence-electron chi connectivity index (χ4n) is 1.69. The molecule has 0 saturated carbocycles. The van der Waals surface area contributed by atoms with E-state index < -0.39 is 6.04 Å². The van der Waals surface area contributed by atoms with Crippen molar-refractivity contribution >= 4 is 5.91 Å². The van der Waals surface area contributed by atoms with Gasteiger partial charge in [0.15, 0.2) is 0 Å². The van der Waals surface area contributed by atoms with Gasteiger partial charge in [-0.1, -0.05) is 25.0 Å². The van der Waals surface area contributed by atoms with E-state index in [0.29, 0.717) is 17.7 Å². The first-order chi connectivity index (χ1) is 8.62. The maximum Gasteiger partial charge on any atom is 0.256 e. The van der Waals surface area contributed by atoms with Crippen molar-refractivity contribution in [3.63, 3.8) is 0 Å². The normalized spacial score (nSPS) is 11.4. The highest BCUT2D eigenvalue weighted by atomic mass is 16.5. The fourth-order valence-corrected chi connectivity index (χ4v) is 1.69. The van der Waals surface area contributed by atoms with Gasteiger partial charge in [0.05, 0.1) is 18.7 Å². The van der Waals surface area contributed by atoms with E-state index in [9.17, 15) is 4.79 Å². The lowest BCUT2D eigenvalue weighted by Gasteiger charge is -2.13. The van der Waals surface area contributed by atoms with E-state index in [1.165, 1.54) is 7.11 Å². The number of ether oxygens (including phenoxy) is 1. The number of aryl methyl sites for hydroxylation is 1. The molecule has 0 saturated heterocycles. The second kappa shape index (κ2) is 6.65. The summed E-state index contributed by atoms with van der Waals surface area (Å²) in [5, 5.41) is 11.6. The molecule has 0 bridgehead atoms. The van der Waals surface area contributed by atoms with E-state index in [2.05, 4.69) is 11.4 Å². The van der Waals surface area contributed by atoms with Gasteiger partial charge in [-0.2, -0.15) is 5.26 Å². The Morgan fingerprint density at radius 2 is 2.28 bits per heavy atom. The summed E-state index contributed by atoms with van der Waals surface area (Å²) in [4.78, 5) is 12.1. The Morgan fingerprint density at radius 1 is 1.56 bits per heavy atom. The molecule has 1 aromatic rings. The van der Waals surface area contributed by atoms with Crippen molar-refractivity contribution in [1.82, 2.24) is 5.32 Å². The Hall–Kier alpha value is -2.02. The number of nitrogens with one attached hydrogen (secondary N) is 1. The summed E-state index contributed by atoms with van der Waals surface area (Å²) >= 11 is 0. The van der Waals surface area contributed by atoms with E-state index in [1.807, 2.05) is 19.9 Å². The molecule has 1 rings (SSSR count). The van der Waals surface area contributed by atoms with Gasteiger partial charge < -0.3 is 10.1 Å². The first-order valence-electron chi connectivity index (χ1n) is 5.97. The van der Waals surface area contributed by atoms with Gasteiger partial charge in [0, 0.05) is 0 Å². The third kappa shape index (κ3) is 3.49. The number of rotatable bonds is 5. The topological polar surface area (TPSA) is 62.1 Å². The minimum atomic E-state index is -0.451. The molecular formula is C14H18N2O2. The van der Waals surface area contributed by atoms with Crippen molar-refractivity contribution in [3.05, 3.63) is 29.3 Å². The number of methoxy groups -OCH3 is 1. The van der Waals surface area contributed by atoms with Crippen LogP contribution in [-0.4, -0.2) is 19.1 Å². The zero-order valence-corrected chi connectivity index (χ0v) is 11.0. The third-order valence-corrected chi connectivity index (χ3v) is 2.64. The summed E-state index contributed by atoms with van der Waals surface area (Å²) < 4.78 is 5.15. The molecule has 1 aromatic carbocycles. The first kappa shape index (κ1) is 14.0. The van der Waals surface area contributed by atoms with Crippen LogP contribution in [-0.2, 0) is 0 Å². The van der Waals surface area contributed by atoms with Crippen LogP contribution in [0.4, 0.5) is 0 Å². The first-order valence-corrected chi connectivity index (χ1v) is 5.97. The molecule has 0 aliphatic carbocycles. The van der Waals surface area contributed by atoms with E-state index in [0.717, 1.165) is 12.0 Å². The number of amides is 1. The number of hydrogen-bond donors (Lipinski definition) is 1. The maximum atomic E-state index is 12.1. The lowest BCUT2D eigenvalue weighted by Crippen LogP contribution is -2.33. The van der Waals surface area contributed by atoms with Crippen molar-refractivity contribution in [2.24, 2.45) is 0 Å². The summed E-state index contributed by atoms with van der Waals surface area (Å²) in [5.41, 5.74) is 1.44. The molecule has 4 nitrogen and oxygen atoms in total. The molecule has 1 amide bonds. The highest BCUT2D eigenvalue weighted by Gasteiger charge is 2.16. The van der Waals surface area contributed by atoms with Crippen molar-refractivity contribution in [3.8, 4) is 11.8 Å². The molecule has 0 heterocycles. The number of carbonyl (C=O) groups is 1. The Morgan fingerprint density at radius 3 is 2.83 bits per heavy atom. The molecule has 18 heavy (non-hydrogen) atoms. The van der Waals surface area contributed by atoms with E-state index in [-0.39, 0.29) is 5.91 Å². The van der Waals surface area contributed by atoms with Crippen molar-refractivity contribution in [2.75, 3.05) is 7.11 Å². The number of carbonyl (C=O) groups excluding carboxylic acids is 1. The van der Waals surface area contributed by atoms with E-state index in [1.54, 1.807) is 12.1 Å². The lowest BCUT2D eigenvalue weighted by molar-refractivity contribution is 0.0940. The average Bonchev–Trinajstić information content (AvgIpc) is 2.38. The molecule has 0 fully saturated rings. The average molecular weight is 246 g/mol. The second-order valence-electron chi connectivity index (χ2n) is 4.15. The monoisotopic (exact) mass is 246 g/mol. The van der Waals surface area contributed by atoms with Crippen LogP contribution < -0.4 is 10.1 Å². The van der Waals surface area contributed by atoms with Crippen LogP contribution in [0.1, 0.15) is 35.7 Å². The van der Waals surface area contributed by atoms with Gasteiger partial charge in [-0.15, -0.1) is 0 Å². The Balaban J connectivity index is 2.90. The summed E-state index contributed by atoms with van der Waals surface area (Å²) in [7, 11) is 1.52. The molecule has 0 aromatic heterocycles. The van der Waals surface area contributed by atoms with Gasteiger partial charge in [-0.25, -0.2) is 0 Å². The predicted molar refractivity (Wildman–Crippen MR) is 69.5 cm³/mol. The van der Waals surface area contributed by atoms with Gasteiger partial charge in [0.1, 0.15) is 11.8 Å². The maximum absolute atomic E-state index is 12.1. The van der Waals surface area contributed by atoms with E-state index in [4.69, 9.17) is 10.00 Å². The SMILES string of the molecule is CCCC(C#N)NC(=O)c1cc(C)ccc1OC. The highest BCUT2D eigenvalue weighted by molar-refractivity contribution is 5.97. The van der Waals surface area contributed by atoms with Crippen LogP contribution in [0.5, 0.6) is 5.75 Å². The van der Waals surface area contributed by atoms with Crippen LogP contribution >= 0.6 is 0 Å². The van der Waals surface area contributed by atoms with Gasteiger partial charge >= 0.3 is 0 Å². The Kier molecular flexibility index (Phi) is 5.19. The number of nitriles is 1. The Bertz CT molecular complexity index is 463. The molecule has 96 valence electrons. The lowest BCUT2D eigenvalue weighted by atomic mass is 10.1. The molecular weight excluding hydrogens is 228 g/mol. The predicted octanol–water partition coefficient (Wildman–Crippen LogP) is 2.43. The Labute approximate surface area is 108 Å². The van der Waals surface area contributed by atoms with Gasteiger partial charge in [-0.3, -0.25) is 4.79 Å². The summed E-state index contributed by atoms with van der Waals surface area (Å²) in [6.45, 7) is 3.88. The van der Waals surface area contributed by atoms with Crippen molar-refractivity contribution < 1.29 is 9.53 Å². The standard InChI is InChI=1S/C14H18N2O2/c1-4-5-11(9-15)16-14(17)12-8-10(2)6-7-13(12)18-3/h6-8,11H,4-5H2,1-3H3,(H,16,17). The van der Waals surface area contributed by atoms with Crippen molar-refractivity contribution in [2.45, 2.75) is 32.7 Å². The number of hydrogen-bond acceptors (Lipinski definition) is 3. The van der Waals surface area contributed by atoms with Crippen LogP contribution in [0.25, 0.3) is 0 Å². The third-order valence-electron chi connectivity index (χ3n) is 2.64. The number of benzene rings is 1. The zero-order chi connectivity index (χ0) is 13.5. The van der Waals surface area contributed by atoms with Crippen LogP contribution in [0.15, 0.2) is 18.2 Å². The van der Waals surface area contributed by atoms with Crippen LogP contribution in [0, 0.1) is 18.3 Å². The van der Waals surface area contributed by atoms with Crippen LogP contribution in [0.2, 0.25) is 0 Å². The van der Waals surface area contributed by atoms with Gasteiger partial charge in [0.2, 0.25) is 0 Å². The highest BCUT2D eigenvalue weighted by Crippen LogP contribution is 2.19. The van der Waals surface area contributed by atoms with E-state index >= 15 is 0 Å². The molecule has 0 aliphatic rings. The molecule has 0 aliphatic heterocycles. The molecule has 0 radical (unpaired) electrons. The molecule has 1 N–H and O–H groups in total. The minimum absolute atomic E-state index is 0.268. The molecule has 4 heteroatoms. The van der Waals surface area contributed by atoms with Crippen LogP contribution in [0.3, 0.4) is 0 Å². The molecule has 1 atom stereocenters. The fraction of sp³-hybridized carbons (Fsp3) is 0.429. The van der Waals surface area contributed by atoms with Crippen molar-refractivity contribution in [1.29, 1.82) is 5.26 Å². The summed E-state index contributed by atoms with van der Waals surface area (Å²) in [5.74, 6) is 0.252. The largest absolute Gasteiger partial charge is 0.496 e. The quantitative estimate of drug-likeness (QED) is 0.867. The minimum Gasteiger partial charge on any atom is -0.496 e.